The number of ether oxygens (including phenoxy) is 7. The summed E-state index contributed by atoms with van der Waals surface area (Å²) in [5.74, 6) is -53.6. The van der Waals surface area contributed by atoms with Crippen molar-refractivity contribution in [1.29, 1.82) is 0 Å². The van der Waals surface area contributed by atoms with Crippen LogP contribution in [0.15, 0.2) is 168 Å². The molecular weight excluding hydrogens is 2010 g/mol. The molecule has 0 aliphatic rings. The van der Waals surface area contributed by atoms with Crippen LogP contribution in [0.3, 0.4) is 0 Å². The molecule has 25 nitrogen and oxygen atoms in total. The minimum atomic E-state index is -6.81. The Morgan fingerprint density at radius 1 is 0.351 bits per heavy atom. The van der Waals surface area contributed by atoms with Crippen molar-refractivity contribution in [2.24, 2.45) is 3.77 Å². The first-order chi connectivity index (χ1) is 61.7. The first kappa shape index (κ1) is 110. The fourth-order valence-electron chi connectivity index (χ4n) is 10.5. The second-order valence-corrected chi connectivity index (χ2v) is 35.2. The van der Waals surface area contributed by atoms with Gasteiger partial charge in [0.2, 0.25) is 57.9 Å². The molecule has 0 radical (unpaired) electrons. The van der Waals surface area contributed by atoms with Crippen LogP contribution in [0, 0.1) is 116 Å². The minimum Gasteiger partial charge on any atom is -0.759 e. The van der Waals surface area contributed by atoms with Crippen LogP contribution in [0.1, 0.15) is 63.1 Å². The number of carbonyl (C=O) groups is 1. The van der Waals surface area contributed by atoms with Gasteiger partial charge in [-0.05, 0) is 81.9 Å². The van der Waals surface area contributed by atoms with Crippen LogP contribution in [0.4, 0.5) is 101 Å². The molecule has 10 rings (SSSR count). The summed E-state index contributed by atoms with van der Waals surface area (Å²) < 4.78 is 528. The number of benzene rings is 10. The van der Waals surface area contributed by atoms with Gasteiger partial charge in [-0.25, -0.2) is 99.9 Å². The molecule has 0 aliphatic carbocycles. The Hall–Kier alpha value is -12.6. The highest BCUT2D eigenvalue weighted by molar-refractivity contribution is 8.01. The Kier molecular flexibility index (Phi) is 35.1. The van der Waals surface area contributed by atoms with Crippen molar-refractivity contribution in [3.63, 3.8) is 0 Å². The monoisotopic (exact) mass is 2060 g/mol. The number of esters is 1. The largest absolute Gasteiger partial charge is 0.759 e. The average molecular weight is 2060 g/mol. The van der Waals surface area contributed by atoms with Crippen molar-refractivity contribution < 1.29 is 208 Å². The summed E-state index contributed by atoms with van der Waals surface area (Å²) in [5.41, 5.74) is -6.18. The van der Waals surface area contributed by atoms with Gasteiger partial charge in [-0.15, -0.1) is 3.77 Å². The number of nitrogens with zero attached hydrogens (tertiary/aromatic N) is 1. The van der Waals surface area contributed by atoms with Crippen molar-refractivity contribution in [2.75, 3.05) is 28.4 Å². The molecule has 0 aromatic heterocycles. The molecule has 1 unspecified atom stereocenters. The number of carbonyl (C=O) groups excluding carboxylic acids is 1. The lowest BCUT2D eigenvalue weighted by atomic mass is 9.77. The topological polar surface area (TPSA) is 397 Å². The maximum Gasteiger partial charge on any atom is 0.519 e. The van der Waals surface area contributed by atoms with Crippen molar-refractivity contribution in [2.45, 2.75) is 59.0 Å². The van der Waals surface area contributed by atoms with Crippen LogP contribution in [-0.4, -0.2) is 109 Å². The molecule has 0 N–H and O–H groups in total. The van der Waals surface area contributed by atoms with Gasteiger partial charge in [-0.3, -0.25) is 4.21 Å². The summed E-state index contributed by atoms with van der Waals surface area (Å²) >= 11 is 0.273. The van der Waals surface area contributed by atoms with E-state index in [1.54, 1.807) is 12.1 Å². The van der Waals surface area contributed by atoms with E-state index >= 15 is 0 Å². The molecule has 0 heterocycles. The summed E-state index contributed by atoms with van der Waals surface area (Å²) in [4.78, 5) is -0.901. The predicted molar refractivity (Wildman–Crippen MR) is 418 cm³/mol. The predicted octanol–water partition coefficient (Wildman–Crippen LogP) is 19.5. The van der Waals surface area contributed by atoms with E-state index in [9.17, 15) is 175 Å². The highest BCUT2D eigenvalue weighted by atomic mass is 32.3. The Bertz CT molecular complexity index is 7000. The minimum absolute atomic E-state index is 0.0995. The van der Waals surface area contributed by atoms with Gasteiger partial charge in [-0.2, -0.15) is 47.9 Å². The Morgan fingerprint density at radius 3 is 1.00 bits per heavy atom. The fourth-order valence-corrected chi connectivity index (χ4v) is 16.3. The summed E-state index contributed by atoms with van der Waals surface area (Å²) in [6, 6.07) is 21.5. The van der Waals surface area contributed by atoms with Crippen molar-refractivity contribution in [1.82, 2.24) is 0 Å². The molecule has 0 spiro atoms. The van der Waals surface area contributed by atoms with Crippen molar-refractivity contribution >= 4 is 109 Å². The van der Waals surface area contributed by atoms with Gasteiger partial charge in [0, 0.05) is 21.0 Å². The number of hydrogen-bond acceptors (Lipinski definition) is 25. The molecule has 10 aromatic rings. The number of alkyl halides is 3. The number of sulfonamides is 1. The Labute approximate surface area is 746 Å². The fraction of sp³-hybridized carbons (Fsp3) is 0.101. The highest BCUT2D eigenvalue weighted by Crippen LogP contribution is 2.48. The maximum absolute atomic E-state index is 14.4. The zero-order chi connectivity index (χ0) is 102. The first-order valence-corrected chi connectivity index (χ1v) is 43.7. The molecule has 10 aromatic carbocycles. The van der Waals surface area contributed by atoms with Gasteiger partial charge >= 0.3 is 21.5 Å². The summed E-state index contributed by atoms with van der Waals surface area (Å²) in [5, 5.41) is 0. The smallest absolute Gasteiger partial charge is 0.519 e. The summed E-state index contributed by atoms with van der Waals surface area (Å²) in [6.07, 6.45) is 7.10. The van der Waals surface area contributed by atoms with Gasteiger partial charge in [0.15, 0.2) is 92.9 Å². The van der Waals surface area contributed by atoms with E-state index in [-0.39, 0.29) is 45.2 Å². The van der Waals surface area contributed by atoms with Gasteiger partial charge in [0.05, 0.1) is 38.2 Å². The van der Waals surface area contributed by atoms with Crippen LogP contribution in [0.2, 0.25) is 0 Å². The molecule has 55 heteroatoms. The molecule has 0 amide bonds. The zero-order valence-electron chi connectivity index (χ0n) is 67.0. The van der Waals surface area contributed by atoms with E-state index in [1.165, 1.54) is 130 Å². The Balaban J connectivity index is 0.000000258. The SMILES string of the molecule is C=Cc1cc(OC)c(Oc2c(F)c(F)c(S(=O)(=O)[O-])c(F)c2F)c(OC)c1.C=Cc1ccc(C(C)(C)c2c(F)c(F)c(S(=O)(=O)[O-])c(F)c2F)cc1.C=Cc1ccc(Oc2c(F)c(F)c(S(=O)(=O)[O-])c(F)c2F)c(C(=O)OC)c1.C=Cc1ccc(Oc2c(F)c(F)c(S(=O)([O-])=NS(=O)(=O)C(F)(F)F)c(F)c2F)cc1.C=Cc1ccc(Sc2c(F)c(F)c(S(=O)(=O)[O-])c(F)c2F)c(OC)c1. The second-order valence-electron chi connectivity index (χ2n) is 25.6. The lowest BCUT2D eigenvalue weighted by Crippen LogP contribution is -2.26. The summed E-state index contributed by atoms with van der Waals surface area (Å²) in [6.45, 7) is 20.1. The number of methoxy groups -OCH3 is 4. The molecule has 134 heavy (non-hydrogen) atoms. The van der Waals surface area contributed by atoms with E-state index in [0.717, 1.165) is 31.4 Å². The maximum atomic E-state index is 14.4. The third kappa shape index (κ3) is 23.9. The number of hydrogen-bond donors (Lipinski definition) is 0. The third-order valence-electron chi connectivity index (χ3n) is 16.9. The van der Waals surface area contributed by atoms with Crippen LogP contribution >= 0.6 is 11.8 Å². The van der Waals surface area contributed by atoms with E-state index < -0.39 is 257 Å². The molecular formula is C79H49F23NO24S7-5. The molecule has 0 saturated heterocycles. The van der Waals surface area contributed by atoms with E-state index in [4.69, 9.17) is 23.7 Å². The van der Waals surface area contributed by atoms with Crippen LogP contribution in [0.25, 0.3) is 30.4 Å². The van der Waals surface area contributed by atoms with Gasteiger partial charge < -0.3 is 55.9 Å². The van der Waals surface area contributed by atoms with Gasteiger partial charge in [0.25, 0.3) is 0 Å². The van der Waals surface area contributed by atoms with Crippen LogP contribution in [-0.2, 0) is 70.7 Å². The molecule has 0 fully saturated rings. The molecule has 0 bridgehead atoms. The lowest BCUT2D eigenvalue weighted by Gasteiger charge is -2.28. The normalized spacial score (nSPS) is 12.1. The van der Waals surface area contributed by atoms with Gasteiger partial charge in [0.1, 0.15) is 87.8 Å². The van der Waals surface area contributed by atoms with E-state index in [2.05, 4.69) is 42.4 Å². The van der Waals surface area contributed by atoms with Crippen molar-refractivity contribution in [3.8, 4) is 51.7 Å². The molecule has 0 saturated carbocycles. The lowest BCUT2D eigenvalue weighted by molar-refractivity contribution is -0.0435. The first-order valence-electron chi connectivity index (χ1n) is 34.4. The van der Waals surface area contributed by atoms with Gasteiger partial charge in [-0.1, -0.05) is 137 Å². The van der Waals surface area contributed by atoms with Crippen LogP contribution < -0.4 is 28.4 Å². The Morgan fingerprint density at radius 2 is 0.657 bits per heavy atom. The van der Waals surface area contributed by atoms with Crippen molar-refractivity contribution in [3.05, 3.63) is 291 Å². The third-order valence-corrected chi connectivity index (χ3v) is 24.5. The number of rotatable bonds is 25. The quantitative estimate of drug-likeness (QED) is 0.0222. The molecule has 1 atom stereocenters. The second kappa shape index (κ2) is 42.7. The van der Waals surface area contributed by atoms with Crippen LogP contribution in [0.5, 0.6) is 51.7 Å². The highest BCUT2D eigenvalue weighted by Gasteiger charge is 2.48. The molecule has 0 aliphatic heterocycles. The zero-order valence-corrected chi connectivity index (χ0v) is 72.7. The van der Waals surface area contributed by atoms with E-state index in [1.807, 2.05) is 0 Å². The standard InChI is InChI=1S/C17H14F4O3S.C16H12F4O6S.C16H10F4O6S.C15H8F7NO5S2.C15H10F4O4S2/c1-4-9-5-7-10(8-6-9)17(2,3)11-12(18)14(20)16(25(22,23)24)15(21)13(11)19;1-4-7-5-8(24-2)14(9(6-7)25-3)26-15-10(17)12(19)16(27(21,22)23)13(20)11(15)18;1-3-7-4-5-9(8(6-7)16(21)25-2)26-14-10(17)12(19)15(27(22,23)24)13(20)11(14)18;1-2-7-3-5-8(6-4-7)28-13-9(16)11(18)14(12(19)10(13)17)29(24,25)23-30(26,27)15(20,21)22;1-3-7-4-5-9(8(6-7)23-2)24-14-10(16)12(18)15(25(20,21)22)13(19)11(14)17/h4-8H,1H2,2-3H3,(H,22,23,24);4-6H,1H2,2-3H3,(H,21,22,23);3-6H,1H2,2H3,(H,22,23,24);2-6H,1H2,(H,23,24,25);3-6H,1H2,2H3,(H,20,21,22)/p-5. The van der Waals surface area contributed by atoms with E-state index in [0.29, 0.717) is 33.4 Å². The summed E-state index contributed by atoms with van der Waals surface area (Å²) in [7, 11) is -31.7. The molecule has 722 valence electrons. The number of halogens is 23. The average Bonchev–Trinajstić information content (AvgIpc) is 0.802.